The van der Waals surface area contributed by atoms with Crippen molar-refractivity contribution in [1.29, 1.82) is 0 Å². The number of ether oxygens (including phenoxy) is 2. The van der Waals surface area contributed by atoms with Crippen LogP contribution in [0.15, 0.2) is 96.2 Å². The van der Waals surface area contributed by atoms with Crippen LogP contribution in [0.25, 0.3) is 32.9 Å². The van der Waals surface area contributed by atoms with Crippen LogP contribution < -0.4 is 31.1 Å². The molecule has 3 aromatic heterocycles. The van der Waals surface area contributed by atoms with Crippen molar-refractivity contribution in [2.24, 2.45) is 12.8 Å². The fourth-order valence-electron chi connectivity index (χ4n) is 10.2. The van der Waals surface area contributed by atoms with Crippen LogP contribution in [0, 0.1) is 5.82 Å². The monoisotopic (exact) mass is 880 g/mol. The van der Waals surface area contributed by atoms with E-state index in [9.17, 15) is 9.59 Å². The maximum absolute atomic E-state index is 15.1. The summed E-state index contributed by atoms with van der Waals surface area (Å²) in [4.78, 5) is 49.8. The molecule has 3 aliphatic heterocycles. The van der Waals surface area contributed by atoms with Gasteiger partial charge < -0.3 is 39.5 Å². The number of nitrogens with one attached hydrogen (secondary N) is 2. The van der Waals surface area contributed by atoms with Crippen molar-refractivity contribution < 1.29 is 18.7 Å². The Morgan fingerprint density at radius 2 is 1.80 bits per heavy atom. The van der Waals surface area contributed by atoms with E-state index in [1.54, 1.807) is 31.0 Å². The van der Waals surface area contributed by atoms with Gasteiger partial charge in [0.25, 0.3) is 11.5 Å². The van der Waals surface area contributed by atoms with E-state index in [4.69, 9.17) is 25.2 Å². The van der Waals surface area contributed by atoms with E-state index in [2.05, 4.69) is 51.0 Å². The lowest BCUT2D eigenvalue weighted by atomic mass is 9.86. The summed E-state index contributed by atoms with van der Waals surface area (Å²) >= 11 is 0. The lowest BCUT2D eigenvalue weighted by molar-refractivity contribution is -0.0260. The molecule has 3 fully saturated rings. The molecule has 3 aromatic carbocycles. The Balaban J connectivity index is 0.934. The van der Waals surface area contributed by atoms with Crippen LogP contribution in [0.3, 0.4) is 0 Å². The number of aromatic amines is 1. The van der Waals surface area contributed by atoms with Gasteiger partial charge in [-0.3, -0.25) is 19.8 Å². The molecule has 10 rings (SSSR count). The van der Waals surface area contributed by atoms with Gasteiger partial charge in [0, 0.05) is 105 Å². The minimum Gasteiger partial charge on any atom is -0.495 e. The van der Waals surface area contributed by atoms with E-state index in [1.807, 2.05) is 59.8 Å². The lowest BCUT2D eigenvalue weighted by Gasteiger charge is -2.49. The molecule has 1 saturated carbocycles. The fraction of sp³-hybridized carbons (Fsp3) is 0.400. The highest BCUT2D eigenvalue weighted by Crippen LogP contribution is 2.43. The van der Waals surface area contributed by atoms with Gasteiger partial charge in [-0.1, -0.05) is 24.3 Å². The Morgan fingerprint density at radius 1 is 0.969 bits per heavy atom. The molecule has 4 N–H and O–H groups in total. The molecule has 0 spiro atoms. The number of rotatable bonds is 11. The second-order valence-electron chi connectivity index (χ2n) is 18.1. The van der Waals surface area contributed by atoms with Gasteiger partial charge in [-0.2, -0.15) is 0 Å². The summed E-state index contributed by atoms with van der Waals surface area (Å²) in [6, 6.07) is 20.7. The number of fused-ring (bicyclic) bond motifs is 2. The number of nitrogens with zero attached hydrogens (tertiary/aromatic N) is 7. The number of amides is 1. The van der Waals surface area contributed by atoms with Crippen molar-refractivity contribution >= 4 is 39.3 Å². The van der Waals surface area contributed by atoms with Gasteiger partial charge in [-0.25, -0.2) is 14.4 Å². The van der Waals surface area contributed by atoms with E-state index >= 15 is 4.39 Å². The first kappa shape index (κ1) is 42.8. The zero-order valence-corrected chi connectivity index (χ0v) is 37.5. The number of methoxy groups -OCH3 is 1. The largest absolute Gasteiger partial charge is 0.495 e. The molecule has 3 atom stereocenters. The van der Waals surface area contributed by atoms with Crippen molar-refractivity contribution in [3.63, 3.8) is 0 Å². The van der Waals surface area contributed by atoms with E-state index in [-0.39, 0.29) is 42.0 Å². The van der Waals surface area contributed by atoms with Crippen molar-refractivity contribution in [2.75, 3.05) is 62.8 Å². The van der Waals surface area contributed by atoms with Crippen LogP contribution in [0.4, 0.5) is 16.0 Å². The summed E-state index contributed by atoms with van der Waals surface area (Å²) in [6.07, 6.45) is 11.2. The number of carbonyl (C=O) groups excluding carboxylic acids is 1. The maximum Gasteiger partial charge on any atom is 0.274 e. The summed E-state index contributed by atoms with van der Waals surface area (Å²) < 4.78 is 29.3. The summed E-state index contributed by atoms with van der Waals surface area (Å²) in [5, 5.41) is 4.90. The number of H-pyrrole nitrogens is 1. The topological polar surface area (TPSA) is 150 Å². The fourth-order valence-corrected chi connectivity index (χ4v) is 10.2. The molecular weight excluding hydrogens is 824 g/mol. The van der Waals surface area contributed by atoms with E-state index < -0.39 is 5.60 Å². The summed E-state index contributed by atoms with van der Waals surface area (Å²) in [6.45, 7) is 8.70. The van der Waals surface area contributed by atoms with Crippen LogP contribution in [-0.2, 0) is 17.4 Å². The van der Waals surface area contributed by atoms with Crippen LogP contribution in [0.1, 0.15) is 61.1 Å². The highest BCUT2D eigenvalue weighted by atomic mass is 19.1. The molecule has 338 valence electrons. The summed E-state index contributed by atoms with van der Waals surface area (Å²) in [5.74, 6) is 0.944. The molecule has 4 aliphatic rings. The van der Waals surface area contributed by atoms with Crippen molar-refractivity contribution in [2.45, 2.75) is 69.4 Å². The number of hydrogen-bond donors (Lipinski definition) is 3. The number of aryl methyl sites for hydroxylation is 1. The Labute approximate surface area is 377 Å². The third kappa shape index (κ3) is 7.94. The van der Waals surface area contributed by atoms with Crippen molar-refractivity contribution in [1.82, 2.24) is 34.6 Å². The van der Waals surface area contributed by atoms with E-state index in [0.717, 1.165) is 90.7 Å². The predicted molar refractivity (Wildman–Crippen MR) is 252 cm³/mol. The maximum atomic E-state index is 15.1. The first-order chi connectivity index (χ1) is 31.5. The van der Waals surface area contributed by atoms with Crippen LogP contribution >= 0.6 is 0 Å². The van der Waals surface area contributed by atoms with Gasteiger partial charge in [0.15, 0.2) is 0 Å². The van der Waals surface area contributed by atoms with Gasteiger partial charge in [0.05, 0.1) is 36.8 Å². The highest BCUT2D eigenvalue weighted by molar-refractivity contribution is 5.98. The normalized spacial score (nSPS) is 20.7. The third-order valence-corrected chi connectivity index (χ3v) is 13.8. The number of benzene rings is 3. The number of piperazine rings is 1. The molecule has 1 unspecified atom stereocenters. The Bertz CT molecular complexity index is 2850. The molecule has 6 aromatic rings. The average Bonchev–Trinajstić information content (AvgIpc) is 4.02. The number of halogens is 1. The van der Waals surface area contributed by atoms with Crippen LogP contribution in [-0.4, -0.2) is 113 Å². The predicted octanol–water partition coefficient (Wildman–Crippen LogP) is 6.09. The number of aromatic nitrogens is 4. The standard InChI is InChI=1S/C50H57FN10O4/c1-31-27-61(47(62)34-10-14-44(64-4)43(24-34)59-20-6-18-53-30-59)32(2)26-60(31)37-16-21-58(22-17-37)49-55-42-13-9-33(41-28-57(3)48(63)45-39(41)15-19-54-45)23-40(42)46(56-49)50(29-52,65-38-11-12-38)35-7-5-8-36(51)25-35/h5-10,13-15,19-20,23-25,28,31-32,37-38,53-54H,11-12,16-18,21-22,26-27,29-30,52H2,1-4H3/t31-,32+,50?/m0/s1. The third-order valence-electron chi connectivity index (χ3n) is 13.8. The number of pyridine rings is 1. The van der Waals surface area contributed by atoms with E-state index in [1.165, 1.54) is 12.1 Å². The first-order valence-electron chi connectivity index (χ1n) is 22.8. The van der Waals surface area contributed by atoms with Crippen molar-refractivity contribution in [3.05, 3.63) is 124 Å². The highest BCUT2D eigenvalue weighted by Gasteiger charge is 2.44. The summed E-state index contributed by atoms with van der Waals surface area (Å²) in [5.41, 5.74) is 11.1. The van der Waals surface area contributed by atoms with Gasteiger partial charge in [0.1, 0.15) is 22.7 Å². The first-order valence-corrected chi connectivity index (χ1v) is 22.8. The molecule has 2 saturated heterocycles. The molecular formula is C50H57FN10O4. The molecule has 65 heavy (non-hydrogen) atoms. The number of carbonyl (C=O) groups is 1. The second-order valence-corrected chi connectivity index (χ2v) is 18.1. The number of hydrogen-bond acceptors (Lipinski definition) is 11. The van der Waals surface area contributed by atoms with Gasteiger partial charge in [-0.15, -0.1) is 0 Å². The minimum atomic E-state index is -1.26. The van der Waals surface area contributed by atoms with Crippen molar-refractivity contribution in [3.8, 4) is 16.9 Å². The van der Waals surface area contributed by atoms with Gasteiger partial charge in [-0.05, 0) is 99.2 Å². The molecule has 1 aliphatic carbocycles. The number of piperidine rings is 1. The SMILES string of the molecule is COc1ccc(C(=O)N2C[C@H](C)N(C3CCN(c4nc(C(CN)(OC5CC5)c5cccc(F)c5)c5cc(-c6cn(C)c(=O)c7[nH]ccc67)ccc5n4)CC3)C[C@H]2C)cc1N1C=CCNC1. The Kier molecular flexibility index (Phi) is 11.4. The zero-order valence-electron chi connectivity index (χ0n) is 37.5. The van der Waals surface area contributed by atoms with Gasteiger partial charge in [0.2, 0.25) is 5.95 Å². The van der Waals surface area contributed by atoms with Crippen LogP contribution in [0.5, 0.6) is 5.75 Å². The lowest BCUT2D eigenvalue weighted by Crippen LogP contribution is -2.61. The summed E-state index contributed by atoms with van der Waals surface area (Å²) in [7, 11) is 3.40. The second kappa shape index (κ2) is 17.3. The smallest absolute Gasteiger partial charge is 0.274 e. The molecule has 0 bridgehead atoms. The molecule has 1 amide bonds. The van der Waals surface area contributed by atoms with E-state index in [0.29, 0.717) is 47.5 Å². The number of nitrogens with two attached hydrogens (primary N) is 1. The Hall–Kier alpha value is -6.13. The number of anilines is 2. The van der Waals surface area contributed by atoms with Gasteiger partial charge >= 0.3 is 0 Å². The molecule has 0 radical (unpaired) electrons. The Morgan fingerprint density at radius 3 is 2.54 bits per heavy atom. The average molecular weight is 881 g/mol. The zero-order chi connectivity index (χ0) is 45.0. The van der Waals surface area contributed by atoms with Crippen LogP contribution in [0.2, 0.25) is 0 Å². The molecule has 14 nitrogen and oxygen atoms in total. The molecule has 6 heterocycles. The molecule has 15 heteroatoms. The minimum absolute atomic E-state index is 0.0165. The quantitative estimate of drug-likeness (QED) is 0.139.